The van der Waals surface area contributed by atoms with Gasteiger partial charge in [0.1, 0.15) is 0 Å². The Bertz CT molecular complexity index is 781. The van der Waals surface area contributed by atoms with Crippen molar-refractivity contribution in [3.8, 4) is 0 Å². The third kappa shape index (κ3) is 2.60. The van der Waals surface area contributed by atoms with Crippen LogP contribution in [0.4, 0.5) is 0 Å². The average molecular weight is 343 g/mol. The zero-order chi connectivity index (χ0) is 17.6. The van der Waals surface area contributed by atoms with Gasteiger partial charge in [0.15, 0.2) is 5.54 Å². The Morgan fingerprint density at radius 3 is 2.17 bits per heavy atom. The van der Waals surface area contributed by atoms with Crippen LogP contribution in [-0.4, -0.2) is 60.7 Å². The number of benzene rings is 1. The molecule has 23 heavy (non-hydrogen) atoms. The first-order valence-electron chi connectivity index (χ1n) is 6.69. The molecule has 1 saturated heterocycles. The van der Waals surface area contributed by atoms with Crippen LogP contribution in [0.25, 0.3) is 0 Å². The van der Waals surface area contributed by atoms with Gasteiger partial charge in [-0.2, -0.15) is 4.31 Å². The zero-order valence-corrected chi connectivity index (χ0v) is 13.7. The number of carboxylic acid groups (broad SMARTS) is 2. The summed E-state index contributed by atoms with van der Waals surface area (Å²) in [4.78, 5) is 22.5. The molecule has 8 nitrogen and oxygen atoms in total. The Labute approximate surface area is 133 Å². The minimum atomic E-state index is -4.19. The quantitative estimate of drug-likeness (QED) is 0.797. The second-order valence-corrected chi connectivity index (χ2v) is 7.49. The van der Waals surface area contributed by atoms with Gasteiger partial charge in [-0.15, -0.1) is 0 Å². The van der Waals surface area contributed by atoms with Crippen molar-refractivity contribution in [2.75, 3.05) is 20.3 Å². The molecule has 2 N–H and O–H groups in total. The molecule has 126 valence electrons. The van der Waals surface area contributed by atoms with E-state index < -0.39 is 27.5 Å². The van der Waals surface area contributed by atoms with Crippen LogP contribution in [0.15, 0.2) is 17.0 Å². The van der Waals surface area contributed by atoms with Crippen molar-refractivity contribution in [1.82, 2.24) is 4.31 Å². The largest absolute Gasteiger partial charge is 0.480 e. The molecule has 0 amide bonds. The highest BCUT2D eigenvalue weighted by Crippen LogP contribution is 2.31. The SMILES string of the molecule is Cc1cc(S(=O)(=O)N(C)C2(C(=O)O)COC2)cc(C(=O)O)c1C. The highest BCUT2D eigenvalue weighted by molar-refractivity contribution is 7.89. The summed E-state index contributed by atoms with van der Waals surface area (Å²) in [6.07, 6.45) is 0. The number of hydrogen-bond donors (Lipinski definition) is 2. The molecule has 0 bridgehead atoms. The highest BCUT2D eigenvalue weighted by atomic mass is 32.2. The van der Waals surface area contributed by atoms with Crippen LogP contribution in [0, 0.1) is 13.8 Å². The summed E-state index contributed by atoms with van der Waals surface area (Å²) in [5.41, 5.74) is -0.850. The van der Waals surface area contributed by atoms with Gasteiger partial charge in [-0.1, -0.05) is 0 Å². The van der Waals surface area contributed by atoms with Gasteiger partial charge in [-0.25, -0.2) is 18.0 Å². The molecule has 1 fully saturated rings. The van der Waals surface area contributed by atoms with E-state index in [1.54, 1.807) is 13.8 Å². The van der Waals surface area contributed by atoms with Crippen molar-refractivity contribution in [3.05, 3.63) is 28.8 Å². The minimum Gasteiger partial charge on any atom is -0.480 e. The predicted molar refractivity (Wildman–Crippen MR) is 79.0 cm³/mol. The molecule has 0 aromatic heterocycles. The fourth-order valence-corrected chi connectivity index (χ4v) is 3.87. The average Bonchev–Trinajstić information content (AvgIpc) is 2.39. The topological polar surface area (TPSA) is 121 Å². The number of rotatable bonds is 5. The van der Waals surface area contributed by atoms with Crippen molar-refractivity contribution in [3.63, 3.8) is 0 Å². The van der Waals surface area contributed by atoms with Gasteiger partial charge < -0.3 is 14.9 Å². The molecule has 1 aliphatic heterocycles. The monoisotopic (exact) mass is 343 g/mol. The van der Waals surface area contributed by atoms with E-state index in [4.69, 9.17) is 4.74 Å². The molecule has 9 heteroatoms. The number of aliphatic carboxylic acids is 1. The van der Waals surface area contributed by atoms with E-state index in [0.717, 1.165) is 17.4 Å². The molecule has 1 aliphatic rings. The maximum absolute atomic E-state index is 12.7. The van der Waals surface area contributed by atoms with Crippen molar-refractivity contribution in [2.24, 2.45) is 0 Å². The van der Waals surface area contributed by atoms with Crippen LogP contribution >= 0.6 is 0 Å². The second kappa shape index (κ2) is 5.59. The summed E-state index contributed by atoms with van der Waals surface area (Å²) >= 11 is 0. The molecular formula is C14H17NO7S. The summed E-state index contributed by atoms with van der Waals surface area (Å²) in [6.45, 7) is 2.67. The molecule has 0 atom stereocenters. The molecule has 0 saturated carbocycles. The number of sulfonamides is 1. The van der Waals surface area contributed by atoms with Crippen LogP contribution in [0.2, 0.25) is 0 Å². The maximum Gasteiger partial charge on any atom is 0.336 e. The van der Waals surface area contributed by atoms with Crippen molar-refractivity contribution < 1.29 is 33.0 Å². The van der Waals surface area contributed by atoms with Gasteiger partial charge >= 0.3 is 11.9 Å². The number of carboxylic acids is 2. The van der Waals surface area contributed by atoms with Crippen molar-refractivity contribution in [1.29, 1.82) is 0 Å². The molecule has 1 aromatic carbocycles. The van der Waals surface area contributed by atoms with Gasteiger partial charge in [-0.05, 0) is 37.1 Å². The summed E-state index contributed by atoms with van der Waals surface area (Å²) < 4.78 is 31.1. The van der Waals surface area contributed by atoms with Gasteiger partial charge in [0.2, 0.25) is 10.0 Å². The first kappa shape index (κ1) is 17.4. The van der Waals surface area contributed by atoms with E-state index >= 15 is 0 Å². The lowest BCUT2D eigenvalue weighted by Crippen LogP contribution is -2.67. The summed E-state index contributed by atoms with van der Waals surface area (Å²) in [5.74, 6) is -2.55. The van der Waals surface area contributed by atoms with Gasteiger partial charge in [0.25, 0.3) is 0 Å². The van der Waals surface area contributed by atoms with Crippen molar-refractivity contribution >= 4 is 22.0 Å². The number of carbonyl (C=O) groups is 2. The van der Waals surface area contributed by atoms with Gasteiger partial charge in [0, 0.05) is 7.05 Å². The number of nitrogens with zero attached hydrogens (tertiary/aromatic N) is 1. The van der Waals surface area contributed by atoms with Crippen LogP contribution in [-0.2, 0) is 19.6 Å². The van der Waals surface area contributed by atoms with E-state index in [9.17, 15) is 28.2 Å². The Hall–Kier alpha value is -1.97. The summed E-state index contributed by atoms with van der Waals surface area (Å²) in [7, 11) is -3.03. The van der Waals surface area contributed by atoms with Gasteiger partial charge in [-0.3, -0.25) is 0 Å². The van der Waals surface area contributed by atoms with E-state index in [-0.39, 0.29) is 23.7 Å². The van der Waals surface area contributed by atoms with Crippen LogP contribution in [0.3, 0.4) is 0 Å². The number of aryl methyl sites for hydroxylation is 1. The molecule has 2 rings (SSSR count). The van der Waals surface area contributed by atoms with Gasteiger partial charge in [0.05, 0.1) is 23.7 Å². The molecule has 0 aliphatic carbocycles. The van der Waals surface area contributed by atoms with E-state index in [2.05, 4.69) is 0 Å². The third-order valence-electron chi connectivity index (χ3n) is 4.21. The number of likely N-dealkylation sites (N-methyl/N-ethyl adjacent to an activating group) is 1. The predicted octanol–water partition coefficient (Wildman–Crippen LogP) is 0.476. The van der Waals surface area contributed by atoms with E-state index in [0.29, 0.717) is 11.1 Å². The summed E-state index contributed by atoms with van der Waals surface area (Å²) in [5, 5.41) is 18.5. The second-order valence-electron chi connectivity index (χ2n) is 5.52. The van der Waals surface area contributed by atoms with E-state index in [1.165, 1.54) is 6.07 Å². The fourth-order valence-electron chi connectivity index (χ4n) is 2.32. The molecule has 0 spiro atoms. The number of aromatic carboxylic acids is 1. The van der Waals surface area contributed by atoms with Crippen LogP contribution < -0.4 is 0 Å². The normalized spacial score (nSPS) is 16.9. The first-order valence-corrected chi connectivity index (χ1v) is 8.13. The van der Waals surface area contributed by atoms with Crippen LogP contribution in [0.1, 0.15) is 21.5 Å². The smallest absolute Gasteiger partial charge is 0.336 e. The first-order chi connectivity index (χ1) is 10.5. The zero-order valence-electron chi connectivity index (χ0n) is 12.9. The lowest BCUT2D eigenvalue weighted by molar-refractivity contribution is -0.175. The fraction of sp³-hybridized carbons (Fsp3) is 0.429. The number of hydrogen-bond acceptors (Lipinski definition) is 5. The lowest BCUT2D eigenvalue weighted by atomic mass is 9.98. The highest BCUT2D eigenvalue weighted by Gasteiger charge is 2.54. The lowest BCUT2D eigenvalue weighted by Gasteiger charge is -2.43. The summed E-state index contributed by atoms with van der Waals surface area (Å²) in [6, 6.07) is 2.38. The van der Waals surface area contributed by atoms with E-state index in [1.807, 2.05) is 0 Å². The van der Waals surface area contributed by atoms with Crippen LogP contribution in [0.5, 0.6) is 0 Å². The number of ether oxygens (including phenoxy) is 1. The molecule has 1 aromatic rings. The minimum absolute atomic E-state index is 0.133. The Balaban J connectivity index is 2.56. The maximum atomic E-state index is 12.7. The standard InChI is InChI=1S/C14H17NO7S/c1-8-4-10(5-11(9(8)2)12(16)17)23(20,21)15(3)14(13(18)19)6-22-7-14/h4-5H,6-7H2,1-3H3,(H,16,17)(H,18,19). The van der Waals surface area contributed by atoms with Crippen molar-refractivity contribution in [2.45, 2.75) is 24.3 Å². The Kier molecular flexibility index (Phi) is 4.22. The Morgan fingerprint density at radius 1 is 1.22 bits per heavy atom. The molecule has 0 unspecified atom stereocenters. The molecular weight excluding hydrogens is 326 g/mol. The molecule has 0 radical (unpaired) electrons. The Morgan fingerprint density at radius 2 is 1.78 bits per heavy atom. The third-order valence-corrected chi connectivity index (χ3v) is 6.11. The molecule has 1 heterocycles.